The second-order valence-corrected chi connectivity index (χ2v) is 18.4. The van der Waals surface area contributed by atoms with Crippen LogP contribution in [0.2, 0.25) is 0 Å². The summed E-state index contributed by atoms with van der Waals surface area (Å²) < 4.78 is 16.6. The molecule has 6 saturated heterocycles. The first-order chi connectivity index (χ1) is 25.6. The molecule has 0 aromatic rings. The first-order valence-electron chi connectivity index (χ1n) is 21.7. The smallest absolute Gasteiger partial charge is 0.410 e. The molecule has 3 amide bonds. The Labute approximate surface area is 318 Å². The van der Waals surface area contributed by atoms with Gasteiger partial charge in [-0.05, 0) is 111 Å². The van der Waals surface area contributed by atoms with Gasteiger partial charge in [0.05, 0.1) is 13.2 Å². The van der Waals surface area contributed by atoms with Crippen LogP contribution in [0.1, 0.15) is 124 Å². The molecule has 0 aromatic heterocycles. The third-order valence-corrected chi connectivity index (χ3v) is 14.0. The topological polar surface area (TPSA) is 107 Å². The Morgan fingerprint density at radius 2 is 1.00 bits per heavy atom. The molecule has 0 radical (unpaired) electrons. The Morgan fingerprint density at radius 3 is 1.45 bits per heavy atom. The molecule has 8 rings (SSSR count). The molecule has 12 nitrogen and oxygen atoms in total. The molecule has 1 N–H and O–H groups in total. The van der Waals surface area contributed by atoms with E-state index in [1.54, 1.807) is 0 Å². The second-order valence-electron chi connectivity index (χ2n) is 18.4. The summed E-state index contributed by atoms with van der Waals surface area (Å²) >= 11 is 0. The maximum atomic E-state index is 12.6. The van der Waals surface area contributed by atoms with E-state index in [2.05, 4.69) is 24.9 Å². The molecule has 12 heteroatoms. The monoisotopic (exact) mass is 743 g/mol. The molecule has 0 bridgehead atoms. The maximum absolute atomic E-state index is 12.6. The highest BCUT2D eigenvalue weighted by molar-refractivity contribution is 5.70. The van der Waals surface area contributed by atoms with Gasteiger partial charge in [0.15, 0.2) is 0 Å². The van der Waals surface area contributed by atoms with Crippen LogP contribution in [-0.2, 0) is 14.2 Å². The molecule has 6 heterocycles. The summed E-state index contributed by atoms with van der Waals surface area (Å²) in [6.07, 6.45) is 18.4. The van der Waals surface area contributed by atoms with E-state index in [-0.39, 0.29) is 18.3 Å². The minimum absolute atomic E-state index is 0.0338. The Kier molecular flexibility index (Phi) is 13.0. The van der Waals surface area contributed by atoms with Gasteiger partial charge in [0, 0.05) is 87.4 Å². The minimum atomic E-state index is -0.442. The van der Waals surface area contributed by atoms with Gasteiger partial charge in [-0.3, -0.25) is 0 Å². The molecule has 2 aliphatic carbocycles. The van der Waals surface area contributed by atoms with Gasteiger partial charge in [-0.15, -0.1) is 0 Å². The minimum Gasteiger partial charge on any atom is -0.449 e. The van der Waals surface area contributed by atoms with E-state index in [0.717, 1.165) is 103 Å². The van der Waals surface area contributed by atoms with E-state index in [1.807, 2.05) is 25.7 Å². The third-order valence-electron chi connectivity index (χ3n) is 14.0. The van der Waals surface area contributed by atoms with E-state index in [4.69, 9.17) is 14.2 Å². The van der Waals surface area contributed by atoms with Gasteiger partial charge in [0.1, 0.15) is 5.60 Å². The highest BCUT2D eigenvalue weighted by atomic mass is 16.6. The summed E-state index contributed by atoms with van der Waals surface area (Å²) in [5.41, 5.74) is -0.442. The average Bonchev–Trinajstić information content (AvgIpc) is 3.18. The zero-order chi connectivity index (χ0) is 37.0. The number of nitrogens with zero attached hydrogens (tertiary/aromatic N) is 5. The number of carbonyl (C=O) groups is 3. The van der Waals surface area contributed by atoms with Gasteiger partial charge >= 0.3 is 18.3 Å². The van der Waals surface area contributed by atoms with Crippen molar-refractivity contribution in [1.82, 2.24) is 29.8 Å². The molecule has 4 atom stereocenters. The molecule has 2 saturated carbocycles. The highest BCUT2D eigenvalue weighted by Gasteiger charge is 2.45. The Hall–Kier alpha value is -2.31. The molecule has 0 unspecified atom stereocenters. The number of nitrogens with one attached hydrogen (secondary N) is 1. The Balaban J connectivity index is 0.000000170. The van der Waals surface area contributed by atoms with Crippen LogP contribution >= 0.6 is 0 Å². The lowest BCUT2D eigenvalue weighted by Crippen LogP contribution is -2.59. The van der Waals surface area contributed by atoms with Crippen LogP contribution in [0.4, 0.5) is 14.4 Å². The van der Waals surface area contributed by atoms with Gasteiger partial charge in [0.25, 0.3) is 0 Å². The van der Waals surface area contributed by atoms with Crippen molar-refractivity contribution < 1.29 is 28.6 Å². The Bertz CT molecular complexity index is 1220. The van der Waals surface area contributed by atoms with Crippen LogP contribution in [0.25, 0.3) is 0 Å². The maximum Gasteiger partial charge on any atom is 0.410 e. The summed E-state index contributed by atoms with van der Waals surface area (Å²) in [7, 11) is 0. The average molecular weight is 743 g/mol. The predicted octanol–water partition coefficient (Wildman–Crippen LogP) is 6.08. The fourth-order valence-corrected chi connectivity index (χ4v) is 11.1. The van der Waals surface area contributed by atoms with Crippen molar-refractivity contribution in [3.63, 3.8) is 0 Å². The van der Waals surface area contributed by atoms with Crippen molar-refractivity contribution in [2.24, 2.45) is 11.8 Å². The number of fused-ring (bicyclic) bond motifs is 2. The number of likely N-dealkylation sites (tertiary alicyclic amines) is 3. The van der Waals surface area contributed by atoms with Crippen LogP contribution in [0, 0.1) is 11.8 Å². The van der Waals surface area contributed by atoms with E-state index >= 15 is 0 Å². The zero-order valence-electron chi connectivity index (χ0n) is 33.2. The quantitative estimate of drug-likeness (QED) is 0.344. The number of cyclic esters (lactones) is 2. The zero-order valence-corrected chi connectivity index (χ0v) is 33.2. The summed E-state index contributed by atoms with van der Waals surface area (Å²) in [5, 5.41) is 3.46. The SMILES string of the molecule is CC(C)(C)OC(=O)N1CCC(N2CCC(N3C(=O)OC[C@H]4CCCC[C@@H]43)CC2)CC1.O=C1OC[C@H]2CCCC[C@@H]2N1C1CCN(C2CCNCC2)CC1. The van der Waals surface area contributed by atoms with Gasteiger partial charge < -0.3 is 44.0 Å². The van der Waals surface area contributed by atoms with Gasteiger partial charge in [-0.2, -0.15) is 0 Å². The van der Waals surface area contributed by atoms with Crippen molar-refractivity contribution in [3.05, 3.63) is 0 Å². The standard InChI is InChI=1S/C23H39N3O4.C18H31N3O2/c1-23(2,3)30-21(27)25-14-8-18(9-15-25)24-12-10-19(11-13-24)26-20-7-5-4-6-17(20)16-29-22(26)28;22-18-21(17-4-2-1-3-14(17)13-23-18)16-7-11-20(12-8-16)15-5-9-19-10-6-15/h17-20H,4-16H2,1-3H3;14-17,19H,1-13H2/t17-,20+;14-,17+/m11/s1. The summed E-state index contributed by atoms with van der Waals surface area (Å²) in [6.45, 7) is 15.2. The van der Waals surface area contributed by atoms with E-state index in [0.29, 0.717) is 55.3 Å². The largest absolute Gasteiger partial charge is 0.449 e. The number of carbonyl (C=O) groups excluding carboxylic acids is 3. The lowest BCUT2D eigenvalue weighted by molar-refractivity contribution is -0.0413. The van der Waals surface area contributed by atoms with Crippen LogP contribution in [-0.4, -0.2) is 150 Å². The van der Waals surface area contributed by atoms with E-state index in [1.165, 1.54) is 57.8 Å². The van der Waals surface area contributed by atoms with Gasteiger partial charge in [-0.1, -0.05) is 25.7 Å². The molecule has 0 aromatic carbocycles. The molecule has 8 fully saturated rings. The van der Waals surface area contributed by atoms with Gasteiger partial charge in [-0.25, -0.2) is 14.4 Å². The molecule has 6 aliphatic heterocycles. The number of rotatable bonds is 4. The van der Waals surface area contributed by atoms with E-state index in [9.17, 15) is 14.4 Å². The van der Waals surface area contributed by atoms with Crippen molar-refractivity contribution >= 4 is 18.3 Å². The van der Waals surface area contributed by atoms with Crippen LogP contribution < -0.4 is 5.32 Å². The Morgan fingerprint density at radius 1 is 0.585 bits per heavy atom. The number of hydrogen-bond acceptors (Lipinski definition) is 9. The number of piperidine rings is 4. The molecule has 8 aliphatic rings. The van der Waals surface area contributed by atoms with Crippen molar-refractivity contribution in [1.29, 1.82) is 0 Å². The summed E-state index contributed by atoms with van der Waals surface area (Å²) in [5.74, 6) is 1.12. The van der Waals surface area contributed by atoms with Crippen molar-refractivity contribution in [3.8, 4) is 0 Å². The molecule has 53 heavy (non-hydrogen) atoms. The van der Waals surface area contributed by atoms with Crippen LogP contribution in [0.15, 0.2) is 0 Å². The number of amides is 3. The summed E-state index contributed by atoms with van der Waals surface area (Å²) in [4.78, 5) is 48.7. The molecular formula is C41H70N6O6. The molecule has 0 spiro atoms. The van der Waals surface area contributed by atoms with Crippen LogP contribution in [0.3, 0.4) is 0 Å². The molecule has 300 valence electrons. The normalized spacial score (nSPS) is 32.2. The van der Waals surface area contributed by atoms with Crippen molar-refractivity contribution in [2.75, 3.05) is 65.6 Å². The van der Waals surface area contributed by atoms with Crippen molar-refractivity contribution in [2.45, 2.75) is 165 Å². The first kappa shape index (κ1) is 38.9. The first-order valence-corrected chi connectivity index (χ1v) is 21.7. The van der Waals surface area contributed by atoms with Crippen LogP contribution in [0.5, 0.6) is 0 Å². The van der Waals surface area contributed by atoms with Gasteiger partial charge in [0.2, 0.25) is 0 Å². The second kappa shape index (κ2) is 17.7. The predicted molar refractivity (Wildman–Crippen MR) is 204 cm³/mol. The lowest BCUT2D eigenvalue weighted by Gasteiger charge is -2.49. The molecular weight excluding hydrogens is 672 g/mol. The fourth-order valence-electron chi connectivity index (χ4n) is 11.1. The number of hydrogen-bond donors (Lipinski definition) is 1. The highest BCUT2D eigenvalue weighted by Crippen LogP contribution is 2.38. The third kappa shape index (κ3) is 9.57. The number of ether oxygens (including phenoxy) is 3. The lowest BCUT2D eigenvalue weighted by atomic mass is 9.82. The van der Waals surface area contributed by atoms with E-state index < -0.39 is 5.60 Å². The summed E-state index contributed by atoms with van der Waals surface area (Å²) in [6, 6.07) is 2.87. The fraction of sp³-hybridized carbons (Fsp3) is 0.927.